The monoisotopic (exact) mass is 753 g/mol. The number of nitrogens with one attached hydrogen (secondary N) is 1. The minimum absolute atomic E-state index is 0.00726. The van der Waals surface area contributed by atoms with Crippen LogP contribution in [0.25, 0.3) is 0 Å². The number of carboxylic acids is 1. The van der Waals surface area contributed by atoms with Crippen LogP contribution in [0.3, 0.4) is 0 Å². The number of rotatable bonds is 24. The second-order valence-electron chi connectivity index (χ2n) is 15.1. The Kier molecular flexibility index (Phi) is 18.1. The van der Waals surface area contributed by atoms with Crippen molar-refractivity contribution in [3.63, 3.8) is 0 Å². The predicted octanol–water partition coefficient (Wildman–Crippen LogP) is 4.22. The second kappa shape index (κ2) is 22.2. The number of aryl methyl sites for hydroxylation is 1. The normalized spacial score (nSPS) is 19.1. The first-order valence-electron chi connectivity index (χ1n) is 19.6. The van der Waals surface area contributed by atoms with Crippen LogP contribution in [0, 0.1) is 24.7 Å². The highest BCUT2D eigenvalue weighted by Crippen LogP contribution is 2.36. The van der Waals surface area contributed by atoms with Crippen molar-refractivity contribution >= 4 is 46.8 Å². The molecule has 4 N–H and O–H groups in total. The van der Waals surface area contributed by atoms with E-state index in [4.69, 9.17) is 10.5 Å². The van der Waals surface area contributed by atoms with Gasteiger partial charge in [0.1, 0.15) is 18.4 Å². The Bertz CT molecular complexity index is 1500. The molecule has 3 rings (SSSR count). The molecule has 3 amide bonds. The number of likely N-dealkylation sites (tertiary alicyclic amines) is 1. The van der Waals surface area contributed by atoms with Crippen molar-refractivity contribution in [3.05, 3.63) is 35.4 Å². The zero-order valence-corrected chi connectivity index (χ0v) is 32.1. The number of primary amides is 1. The topological polar surface area (TPSA) is 207 Å². The van der Waals surface area contributed by atoms with Crippen molar-refractivity contribution in [2.45, 2.75) is 142 Å². The number of benzene rings is 1. The molecule has 0 radical (unpaired) electrons. The van der Waals surface area contributed by atoms with E-state index in [-0.39, 0.29) is 62.7 Å². The summed E-state index contributed by atoms with van der Waals surface area (Å²) in [6.45, 7) is 5.03. The maximum atomic E-state index is 14.5. The zero-order valence-electron chi connectivity index (χ0n) is 32.1. The molecule has 54 heavy (non-hydrogen) atoms. The van der Waals surface area contributed by atoms with Gasteiger partial charge in [-0.25, -0.2) is 4.79 Å². The Morgan fingerprint density at radius 3 is 2.31 bits per heavy atom. The van der Waals surface area contributed by atoms with Crippen molar-refractivity contribution in [3.8, 4) is 0 Å². The number of hydrogen-bond donors (Lipinski definition) is 3. The molecular weight excluding hydrogens is 694 g/mol. The van der Waals surface area contributed by atoms with Crippen molar-refractivity contribution in [2.75, 3.05) is 13.2 Å². The Morgan fingerprint density at radius 2 is 1.69 bits per heavy atom. The highest BCUT2D eigenvalue weighted by atomic mass is 16.5. The molecular formula is C41H59N3O10. The maximum Gasteiger partial charge on any atom is 0.329 e. The smallest absolute Gasteiger partial charge is 0.329 e. The second-order valence-corrected chi connectivity index (χ2v) is 15.1. The molecule has 1 aliphatic heterocycles. The minimum Gasteiger partial charge on any atom is -0.480 e. The molecule has 0 bridgehead atoms. The first kappa shape index (κ1) is 44.1. The lowest BCUT2D eigenvalue weighted by Crippen LogP contribution is -2.47. The molecule has 1 aromatic carbocycles. The van der Waals surface area contributed by atoms with Crippen molar-refractivity contribution in [1.29, 1.82) is 0 Å². The van der Waals surface area contributed by atoms with Gasteiger partial charge < -0.3 is 25.8 Å². The summed E-state index contributed by atoms with van der Waals surface area (Å²) in [6, 6.07) is 5.74. The van der Waals surface area contributed by atoms with E-state index in [0.717, 1.165) is 49.7 Å². The third-order valence-corrected chi connectivity index (χ3v) is 10.7. The average molecular weight is 754 g/mol. The average Bonchev–Trinajstić information content (AvgIpc) is 3.58. The standard InChI is InChI=1S/C41H59N3O10/c1-4-6-16-33(40(42)52)43-37(48)18-17-35(46)39(51)29(11-5-2)21-36(47)34-23-31(54-25-38(49)50)24-44(34)41(53)32(28-14-8-7-9-15-28)22-30(45)20-27-13-10-12-26(3)19-27/h10,12-13,19,28-29,31-34H,4-9,11,14-18,20-25H2,1-3H3,(H2,42,52)(H,43,48)(H,49,50)/t29?,31-,32?,33?,34+/m1/s1. The van der Waals surface area contributed by atoms with E-state index in [9.17, 15) is 43.5 Å². The molecule has 13 heteroatoms. The van der Waals surface area contributed by atoms with Crippen LogP contribution >= 0.6 is 0 Å². The highest BCUT2D eigenvalue weighted by Gasteiger charge is 2.45. The number of carboxylic acid groups (broad SMARTS) is 1. The van der Waals surface area contributed by atoms with Gasteiger partial charge in [-0.3, -0.25) is 33.6 Å². The summed E-state index contributed by atoms with van der Waals surface area (Å²) in [7, 11) is 0. The largest absolute Gasteiger partial charge is 0.480 e. The summed E-state index contributed by atoms with van der Waals surface area (Å²) >= 11 is 0. The van der Waals surface area contributed by atoms with E-state index in [1.54, 1.807) is 0 Å². The third kappa shape index (κ3) is 13.9. The fraction of sp³-hybridized carbons (Fsp3) is 0.659. The number of ether oxygens (including phenoxy) is 1. The maximum absolute atomic E-state index is 14.5. The van der Waals surface area contributed by atoms with Crippen LogP contribution in [0.5, 0.6) is 0 Å². The molecule has 1 saturated carbocycles. The Morgan fingerprint density at radius 1 is 0.963 bits per heavy atom. The van der Waals surface area contributed by atoms with Crippen molar-refractivity contribution < 1.29 is 48.2 Å². The van der Waals surface area contributed by atoms with Crippen LogP contribution in [-0.4, -0.2) is 88.2 Å². The summed E-state index contributed by atoms with van der Waals surface area (Å²) in [6.07, 6.45) is 5.35. The van der Waals surface area contributed by atoms with Crippen LogP contribution in [0.2, 0.25) is 0 Å². The molecule has 298 valence electrons. The number of carbonyl (C=O) groups excluding carboxylic acids is 7. The van der Waals surface area contributed by atoms with Crippen LogP contribution in [0.4, 0.5) is 0 Å². The Hall–Kier alpha value is -4.26. The molecule has 0 aromatic heterocycles. The summed E-state index contributed by atoms with van der Waals surface area (Å²) in [4.78, 5) is 106. The first-order chi connectivity index (χ1) is 25.7. The van der Waals surface area contributed by atoms with Crippen LogP contribution in [0.1, 0.15) is 121 Å². The van der Waals surface area contributed by atoms with Gasteiger partial charge in [0.05, 0.1) is 12.1 Å². The SMILES string of the molecule is CCCCC(NC(=O)CCC(=O)C(=O)C(CCC)CC(=O)[C@@H]1C[C@@H](OCC(=O)O)CN1C(=O)C(CC(=O)Cc1cccc(C)c1)C1CCCCC1)C(N)=O. The summed E-state index contributed by atoms with van der Waals surface area (Å²) in [5.41, 5.74) is 7.28. The molecule has 1 aliphatic carbocycles. The lowest BCUT2D eigenvalue weighted by Gasteiger charge is -2.34. The summed E-state index contributed by atoms with van der Waals surface area (Å²) in [5, 5.41) is 11.8. The molecule has 3 unspecified atom stereocenters. The molecule has 5 atom stereocenters. The number of nitrogens with zero attached hydrogens (tertiary/aromatic N) is 1. The van der Waals surface area contributed by atoms with Gasteiger partial charge in [-0.2, -0.15) is 0 Å². The quantitative estimate of drug-likeness (QED) is 0.128. The number of unbranched alkanes of at least 4 members (excludes halogenated alkanes) is 1. The third-order valence-electron chi connectivity index (χ3n) is 10.7. The van der Waals surface area contributed by atoms with Gasteiger partial charge in [0, 0.05) is 56.9 Å². The Balaban J connectivity index is 1.77. The summed E-state index contributed by atoms with van der Waals surface area (Å²) in [5.74, 6) is -6.67. The van der Waals surface area contributed by atoms with Crippen molar-refractivity contribution in [2.24, 2.45) is 23.5 Å². The van der Waals surface area contributed by atoms with Crippen LogP contribution < -0.4 is 11.1 Å². The van der Waals surface area contributed by atoms with Gasteiger partial charge in [0.15, 0.2) is 11.6 Å². The molecule has 13 nitrogen and oxygen atoms in total. The fourth-order valence-corrected chi connectivity index (χ4v) is 7.82. The van der Waals surface area contributed by atoms with Crippen LogP contribution in [0.15, 0.2) is 24.3 Å². The number of Topliss-reactive ketones (excluding diaryl/α,β-unsaturated/α-hetero) is 4. The molecule has 2 fully saturated rings. The van der Waals surface area contributed by atoms with Gasteiger partial charge in [0.2, 0.25) is 23.5 Å². The Labute approximate surface area is 318 Å². The van der Waals surface area contributed by atoms with E-state index in [0.29, 0.717) is 19.3 Å². The lowest BCUT2D eigenvalue weighted by atomic mass is 9.76. The van der Waals surface area contributed by atoms with E-state index in [1.165, 1.54) is 4.90 Å². The van der Waals surface area contributed by atoms with E-state index in [1.807, 2.05) is 45.0 Å². The highest BCUT2D eigenvalue weighted by molar-refractivity contribution is 6.38. The van der Waals surface area contributed by atoms with E-state index >= 15 is 0 Å². The lowest BCUT2D eigenvalue weighted by molar-refractivity contribution is -0.146. The molecule has 1 aromatic rings. The fourth-order valence-electron chi connectivity index (χ4n) is 7.82. The van der Waals surface area contributed by atoms with Crippen molar-refractivity contribution in [1.82, 2.24) is 10.2 Å². The zero-order chi connectivity index (χ0) is 39.8. The molecule has 0 spiro atoms. The van der Waals surface area contributed by atoms with E-state index in [2.05, 4.69) is 5.32 Å². The van der Waals surface area contributed by atoms with Gasteiger partial charge >= 0.3 is 5.97 Å². The van der Waals surface area contributed by atoms with Gasteiger partial charge in [-0.1, -0.05) is 82.2 Å². The molecule has 1 saturated heterocycles. The van der Waals surface area contributed by atoms with Gasteiger partial charge in [0.25, 0.3) is 0 Å². The number of carbonyl (C=O) groups is 8. The predicted molar refractivity (Wildman–Crippen MR) is 200 cm³/mol. The first-order valence-corrected chi connectivity index (χ1v) is 19.6. The van der Waals surface area contributed by atoms with E-state index < -0.39 is 78.2 Å². The van der Waals surface area contributed by atoms with Gasteiger partial charge in [-0.15, -0.1) is 0 Å². The number of nitrogens with two attached hydrogens (primary N) is 1. The minimum atomic E-state index is -1.20. The number of amides is 3. The summed E-state index contributed by atoms with van der Waals surface area (Å²) < 4.78 is 5.58. The molecule has 2 aliphatic rings. The van der Waals surface area contributed by atoms with Gasteiger partial charge in [-0.05, 0) is 44.1 Å². The molecule has 1 heterocycles. The number of ketones is 4. The number of aliphatic carboxylic acids is 1. The van der Waals surface area contributed by atoms with Crippen LogP contribution in [-0.2, 0) is 49.5 Å². The number of hydrogen-bond acceptors (Lipinski definition) is 9.